The number of alkyl halides is 2. The van der Waals surface area contributed by atoms with Crippen molar-refractivity contribution in [2.75, 3.05) is 5.32 Å². The Morgan fingerprint density at radius 2 is 1.77 bits per heavy atom. The number of nitrogens with one attached hydrogen (secondary N) is 2. The quantitative estimate of drug-likeness (QED) is 0.482. The van der Waals surface area contributed by atoms with Crippen LogP contribution >= 0.6 is 0 Å². The minimum Gasteiger partial charge on any atom is -0.435 e. The van der Waals surface area contributed by atoms with Crippen molar-refractivity contribution < 1.29 is 18.3 Å². The van der Waals surface area contributed by atoms with Gasteiger partial charge in [0, 0.05) is 11.9 Å². The van der Waals surface area contributed by atoms with E-state index in [0.29, 0.717) is 28.4 Å². The summed E-state index contributed by atoms with van der Waals surface area (Å²) in [6.45, 7) is -2.67. The first-order valence-electron chi connectivity index (χ1n) is 9.08. The molecule has 9 heteroatoms. The maximum atomic E-state index is 12.8. The van der Waals surface area contributed by atoms with Crippen LogP contribution in [0, 0.1) is 0 Å². The first-order valence-corrected chi connectivity index (χ1v) is 9.08. The van der Waals surface area contributed by atoms with Crippen molar-refractivity contribution in [2.45, 2.75) is 13.2 Å². The summed E-state index contributed by atoms with van der Waals surface area (Å²) >= 11 is 0. The normalized spacial score (nSPS) is 10.9. The number of hydrogen-bond donors (Lipinski definition) is 2. The highest BCUT2D eigenvalue weighted by Gasteiger charge is 2.13. The zero-order valence-electron chi connectivity index (χ0n) is 15.6. The van der Waals surface area contributed by atoms with Gasteiger partial charge < -0.3 is 15.4 Å². The third-order valence-electron chi connectivity index (χ3n) is 4.32. The van der Waals surface area contributed by atoms with E-state index in [1.54, 1.807) is 40.8 Å². The van der Waals surface area contributed by atoms with Gasteiger partial charge in [0.15, 0.2) is 11.5 Å². The highest BCUT2D eigenvalue weighted by Crippen LogP contribution is 2.23. The Kier molecular flexibility index (Phi) is 5.51. The summed E-state index contributed by atoms with van der Waals surface area (Å²) in [5.41, 5.74) is 2.33. The average molecular weight is 409 g/mol. The SMILES string of the molecule is O=C(NCc1nnc2ccccn12)c1ccccc1Nc1ccc(OC(F)F)cc1. The van der Waals surface area contributed by atoms with E-state index < -0.39 is 6.61 Å². The number of rotatable bonds is 7. The van der Waals surface area contributed by atoms with E-state index in [-0.39, 0.29) is 18.2 Å². The Labute approximate surface area is 170 Å². The van der Waals surface area contributed by atoms with Gasteiger partial charge in [-0.3, -0.25) is 9.20 Å². The second-order valence-corrected chi connectivity index (χ2v) is 6.30. The highest BCUT2D eigenvalue weighted by molar-refractivity contribution is 6.00. The van der Waals surface area contributed by atoms with Gasteiger partial charge in [0.05, 0.1) is 17.8 Å². The third kappa shape index (κ3) is 4.35. The van der Waals surface area contributed by atoms with Crippen molar-refractivity contribution in [1.29, 1.82) is 0 Å². The average Bonchev–Trinajstić information content (AvgIpc) is 3.17. The van der Waals surface area contributed by atoms with Crippen LogP contribution in [0.25, 0.3) is 5.65 Å². The number of carbonyl (C=O) groups excluding carboxylic acids is 1. The molecule has 2 aromatic heterocycles. The molecule has 0 aliphatic carbocycles. The summed E-state index contributed by atoms with van der Waals surface area (Å²) in [6.07, 6.45) is 1.83. The van der Waals surface area contributed by atoms with Gasteiger partial charge in [0.25, 0.3) is 5.91 Å². The van der Waals surface area contributed by atoms with Gasteiger partial charge in [0.1, 0.15) is 5.75 Å². The van der Waals surface area contributed by atoms with E-state index in [9.17, 15) is 13.6 Å². The van der Waals surface area contributed by atoms with Crippen LogP contribution in [-0.4, -0.2) is 27.1 Å². The fraction of sp³-hybridized carbons (Fsp3) is 0.0952. The number of aromatic nitrogens is 3. The monoisotopic (exact) mass is 409 g/mol. The molecule has 2 heterocycles. The Bertz CT molecular complexity index is 1160. The van der Waals surface area contributed by atoms with Gasteiger partial charge in [-0.05, 0) is 48.5 Å². The minimum absolute atomic E-state index is 0.0575. The molecule has 2 N–H and O–H groups in total. The summed E-state index contributed by atoms with van der Waals surface area (Å²) in [5.74, 6) is 0.379. The molecule has 0 unspecified atom stereocenters. The molecule has 4 aromatic rings. The standard InChI is InChI=1S/C21H17F2N5O2/c22-21(23)30-15-10-8-14(9-11-15)25-17-6-2-1-5-16(17)20(29)24-13-19-27-26-18-7-3-4-12-28(18)19/h1-12,21,25H,13H2,(H,24,29). The zero-order chi connectivity index (χ0) is 20.9. The van der Waals surface area contributed by atoms with Crippen molar-refractivity contribution >= 4 is 22.9 Å². The largest absolute Gasteiger partial charge is 0.435 e. The van der Waals surface area contributed by atoms with Gasteiger partial charge in [-0.25, -0.2) is 0 Å². The maximum absolute atomic E-state index is 12.8. The zero-order valence-corrected chi connectivity index (χ0v) is 15.6. The lowest BCUT2D eigenvalue weighted by atomic mass is 10.1. The van der Waals surface area contributed by atoms with Gasteiger partial charge in [-0.1, -0.05) is 18.2 Å². The molecule has 0 bridgehead atoms. The van der Waals surface area contributed by atoms with Crippen LogP contribution in [0.4, 0.5) is 20.2 Å². The second-order valence-electron chi connectivity index (χ2n) is 6.30. The summed E-state index contributed by atoms with van der Waals surface area (Å²) in [6, 6.07) is 18.6. The predicted molar refractivity (Wildman–Crippen MR) is 107 cm³/mol. The number of pyridine rings is 1. The molecule has 0 fully saturated rings. The minimum atomic E-state index is -2.88. The number of carbonyl (C=O) groups is 1. The number of hydrogen-bond acceptors (Lipinski definition) is 5. The summed E-state index contributed by atoms with van der Waals surface area (Å²) in [5, 5.41) is 14.1. The molecule has 0 saturated carbocycles. The van der Waals surface area contributed by atoms with E-state index in [1.807, 2.05) is 24.4 Å². The molecule has 1 amide bonds. The molecule has 0 aliphatic heterocycles. The van der Waals surface area contributed by atoms with Crippen LogP contribution in [-0.2, 0) is 6.54 Å². The van der Waals surface area contributed by atoms with Crippen molar-refractivity contribution in [3.63, 3.8) is 0 Å². The lowest BCUT2D eigenvalue weighted by molar-refractivity contribution is -0.0498. The molecule has 0 saturated heterocycles. The molecule has 0 radical (unpaired) electrons. The third-order valence-corrected chi connectivity index (χ3v) is 4.32. The fourth-order valence-electron chi connectivity index (χ4n) is 2.93. The molecule has 30 heavy (non-hydrogen) atoms. The van der Waals surface area contributed by atoms with Gasteiger partial charge in [-0.15, -0.1) is 10.2 Å². The van der Waals surface area contributed by atoms with Crippen LogP contribution in [0.2, 0.25) is 0 Å². The van der Waals surface area contributed by atoms with Crippen LogP contribution in [0.1, 0.15) is 16.2 Å². The van der Waals surface area contributed by atoms with Crippen LogP contribution < -0.4 is 15.4 Å². The van der Waals surface area contributed by atoms with Gasteiger partial charge in [-0.2, -0.15) is 8.78 Å². The van der Waals surface area contributed by atoms with Crippen molar-refractivity contribution in [1.82, 2.24) is 19.9 Å². The first kappa shape index (κ1) is 19.3. The van der Waals surface area contributed by atoms with Crippen LogP contribution in [0.3, 0.4) is 0 Å². The Morgan fingerprint density at radius 3 is 2.57 bits per heavy atom. The molecule has 152 valence electrons. The molecule has 2 aromatic carbocycles. The van der Waals surface area contributed by atoms with Crippen LogP contribution in [0.15, 0.2) is 72.9 Å². The van der Waals surface area contributed by atoms with E-state index in [0.717, 1.165) is 0 Å². The molecule has 0 aliphatic rings. The maximum Gasteiger partial charge on any atom is 0.387 e. The molecular formula is C21H17F2N5O2. The summed E-state index contributed by atoms with van der Waals surface area (Å²) in [7, 11) is 0. The Morgan fingerprint density at radius 1 is 1.00 bits per heavy atom. The van der Waals surface area contributed by atoms with Crippen LogP contribution in [0.5, 0.6) is 5.75 Å². The van der Waals surface area contributed by atoms with Crippen molar-refractivity contribution in [3.8, 4) is 5.75 Å². The smallest absolute Gasteiger partial charge is 0.387 e. The number of para-hydroxylation sites is 1. The fourth-order valence-corrected chi connectivity index (χ4v) is 2.93. The lowest BCUT2D eigenvalue weighted by Gasteiger charge is -2.13. The van der Waals surface area contributed by atoms with E-state index in [1.165, 1.54) is 12.1 Å². The van der Waals surface area contributed by atoms with E-state index in [2.05, 4.69) is 25.6 Å². The highest BCUT2D eigenvalue weighted by atomic mass is 19.3. The number of ether oxygens (including phenoxy) is 1. The number of anilines is 2. The number of amides is 1. The first-order chi connectivity index (χ1) is 14.6. The second kappa shape index (κ2) is 8.56. The summed E-state index contributed by atoms with van der Waals surface area (Å²) in [4.78, 5) is 12.8. The van der Waals surface area contributed by atoms with E-state index in [4.69, 9.17) is 0 Å². The number of benzene rings is 2. The molecule has 7 nitrogen and oxygen atoms in total. The lowest BCUT2D eigenvalue weighted by Crippen LogP contribution is -2.24. The molecule has 4 rings (SSSR count). The van der Waals surface area contributed by atoms with Crippen molar-refractivity contribution in [3.05, 3.63) is 84.3 Å². The van der Waals surface area contributed by atoms with Crippen molar-refractivity contribution in [2.24, 2.45) is 0 Å². The number of halogens is 2. The topological polar surface area (TPSA) is 80.6 Å². The van der Waals surface area contributed by atoms with Gasteiger partial charge >= 0.3 is 6.61 Å². The molecular weight excluding hydrogens is 392 g/mol. The predicted octanol–water partition coefficient (Wildman–Crippen LogP) is 4.00. The molecule has 0 spiro atoms. The molecule has 0 atom stereocenters. The Hall–Kier alpha value is -4.01. The summed E-state index contributed by atoms with van der Waals surface area (Å²) < 4.78 is 30.7. The number of fused-ring (bicyclic) bond motifs is 1. The Balaban J connectivity index is 1.46. The van der Waals surface area contributed by atoms with Gasteiger partial charge in [0.2, 0.25) is 0 Å². The number of nitrogens with zero attached hydrogens (tertiary/aromatic N) is 3. The van der Waals surface area contributed by atoms with E-state index >= 15 is 0 Å².